The van der Waals surface area contributed by atoms with Crippen LogP contribution in [0.5, 0.6) is 11.5 Å². The van der Waals surface area contributed by atoms with Gasteiger partial charge in [-0.1, -0.05) is 0 Å². The molecule has 19 heavy (non-hydrogen) atoms. The van der Waals surface area contributed by atoms with E-state index in [1.54, 1.807) is 0 Å². The largest absolute Gasteiger partial charge is 0.486 e. The smallest absolute Gasteiger partial charge is 0.175 e. The highest BCUT2D eigenvalue weighted by Gasteiger charge is 2.17. The standard InChI is InChI=1S/C14H20BrNO2S/c1-14(2,19-3)9-16-8-10-6-11(15)13-12(7-10)17-4-5-18-13/h6-7,16H,4-5,8-9H2,1-3H3. The molecule has 0 spiro atoms. The van der Waals surface area contributed by atoms with E-state index < -0.39 is 0 Å². The van der Waals surface area contributed by atoms with Gasteiger partial charge >= 0.3 is 0 Å². The minimum absolute atomic E-state index is 0.255. The van der Waals surface area contributed by atoms with Crippen LogP contribution >= 0.6 is 27.7 Å². The summed E-state index contributed by atoms with van der Waals surface area (Å²) in [5.41, 5.74) is 1.20. The lowest BCUT2D eigenvalue weighted by Crippen LogP contribution is -2.31. The molecular weight excluding hydrogens is 326 g/mol. The molecule has 2 rings (SSSR count). The zero-order valence-corrected chi connectivity index (χ0v) is 14.0. The van der Waals surface area contributed by atoms with E-state index in [9.17, 15) is 0 Å². The van der Waals surface area contributed by atoms with E-state index in [0.717, 1.165) is 29.1 Å². The highest BCUT2D eigenvalue weighted by atomic mass is 79.9. The lowest BCUT2D eigenvalue weighted by molar-refractivity contribution is 0.170. The van der Waals surface area contributed by atoms with Crippen molar-refractivity contribution in [1.29, 1.82) is 0 Å². The molecule has 0 atom stereocenters. The molecule has 0 amide bonds. The van der Waals surface area contributed by atoms with Crippen LogP contribution < -0.4 is 14.8 Å². The maximum atomic E-state index is 5.63. The first kappa shape index (κ1) is 15.0. The van der Waals surface area contributed by atoms with Crippen LogP contribution in [-0.4, -0.2) is 30.8 Å². The van der Waals surface area contributed by atoms with Crippen LogP contribution in [0, 0.1) is 0 Å². The Kier molecular flexibility index (Phi) is 5.03. The van der Waals surface area contributed by atoms with Crippen molar-refractivity contribution >= 4 is 27.7 Å². The van der Waals surface area contributed by atoms with Gasteiger partial charge < -0.3 is 14.8 Å². The summed E-state index contributed by atoms with van der Waals surface area (Å²) in [5.74, 6) is 1.65. The number of fused-ring (bicyclic) bond motifs is 1. The normalized spacial score (nSPS) is 14.5. The zero-order valence-electron chi connectivity index (χ0n) is 11.6. The van der Waals surface area contributed by atoms with Gasteiger partial charge in [-0.25, -0.2) is 0 Å². The molecule has 0 unspecified atom stereocenters. The summed E-state index contributed by atoms with van der Waals surface area (Å²) in [7, 11) is 0. The van der Waals surface area contributed by atoms with Crippen molar-refractivity contribution in [3.63, 3.8) is 0 Å². The molecule has 0 aliphatic carbocycles. The average Bonchev–Trinajstić information content (AvgIpc) is 2.39. The second kappa shape index (κ2) is 6.37. The van der Waals surface area contributed by atoms with Crippen LogP contribution in [0.15, 0.2) is 16.6 Å². The third-order valence-corrected chi connectivity index (χ3v) is 4.93. The van der Waals surface area contributed by atoms with Crippen molar-refractivity contribution < 1.29 is 9.47 Å². The van der Waals surface area contributed by atoms with Crippen LogP contribution in [0.2, 0.25) is 0 Å². The maximum absolute atomic E-state index is 5.63. The highest BCUT2D eigenvalue weighted by Crippen LogP contribution is 2.38. The Hall–Kier alpha value is -0.390. The Morgan fingerprint density at radius 3 is 2.79 bits per heavy atom. The summed E-state index contributed by atoms with van der Waals surface area (Å²) in [4.78, 5) is 0. The fraction of sp³-hybridized carbons (Fsp3) is 0.571. The van der Waals surface area contributed by atoms with Crippen molar-refractivity contribution in [2.75, 3.05) is 26.0 Å². The second-order valence-electron chi connectivity index (χ2n) is 5.17. The van der Waals surface area contributed by atoms with Crippen molar-refractivity contribution in [3.8, 4) is 11.5 Å². The fourth-order valence-electron chi connectivity index (χ4n) is 1.85. The third kappa shape index (κ3) is 4.04. The summed E-state index contributed by atoms with van der Waals surface area (Å²) in [6.45, 7) is 7.52. The molecule has 1 aliphatic rings. The summed E-state index contributed by atoms with van der Waals surface area (Å²) in [6, 6.07) is 4.14. The van der Waals surface area contributed by atoms with Gasteiger partial charge in [0.2, 0.25) is 0 Å². The Morgan fingerprint density at radius 1 is 1.32 bits per heavy atom. The number of rotatable bonds is 5. The number of nitrogens with one attached hydrogen (secondary N) is 1. The van der Waals surface area contributed by atoms with Gasteiger partial charge in [0.15, 0.2) is 11.5 Å². The van der Waals surface area contributed by atoms with Gasteiger partial charge in [0.25, 0.3) is 0 Å². The molecule has 0 saturated heterocycles. The van der Waals surface area contributed by atoms with Gasteiger partial charge in [0.1, 0.15) is 13.2 Å². The van der Waals surface area contributed by atoms with Crippen LogP contribution in [0.1, 0.15) is 19.4 Å². The molecule has 0 aromatic heterocycles. The molecule has 3 nitrogen and oxygen atoms in total. The minimum Gasteiger partial charge on any atom is -0.486 e. The van der Waals surface area contributed by atoms with E-state index in [1.807, 2.05) is 11.8 Å². The lowest BCUT2D eigenvalue weighted by Gasteiger charge is -2.23. The van der Waals surface area contributed by atoms with E-state index in [2.05, 4.69) is 53.5 Å². The van der Waals surface area contributed by atoms with Crippen molar-refractivity contribution in [1.82, 2.24) is 5.32 Å². The molecule has 106 valence electrons. The summed E-state index contributed by atoms with van der Waals surface area (Å²) in [5, 5.41) is 3.49. The summed E-state index contributed by atoms with van der Waals surface area (Å²) >= 11 is 5.41. The third-order valence-electron chi connectivity index (χ3n) is 3.09. The molecule has 1 N–H and O–H groups in total. The molecule has 1 heterocycles. The SMILES string of the molecule is CSC(C)(C)CNCc1cc(Br)c2c(c1)OCCO2. The van der Waals surface area contributed by atoms with Gasteiger partial charge in [0.05, 0.1) is 4.47 Å². The first-order valence-corrected chi connectivity index (χ1v) is 8.37. The first-order chi connectivity index (χ1) is 9.02. The van der Waals surface area contributed by atoms with Gasteiger partial charge in [-0.05, 0) is 53.7 Å². The number of ether oxygens (including phenoxy) is 2. The molecule has 0 radical (unpaired) electrons. The molecule has 1 aromatic rings. The quantitative estimate of drug-likeness (QED) is 0.885. The predicted octanol–water partition coefficient (Wildman–Crippen LogP) is 3.45. The molecule has 5 heteroatoms. The topological polar surface area (TPSA) is 30.5 Å². The summed E-state index contributed by atoms with van der Waals surface area (Å²) < 4.78 is 12.4. The fourth-order valence-corrected chi connectivity index (χ4v) is 2.70. The molecular formula is C14H20BrNO2S. The molecule has 1 aromatic carbocycles. The van der Waals surface area contributed by atoms with Crippen molar-refractivity contribution in [3.05, 3.63) is 22.2 Å². The molecule has 0 saturated carbocycles. The number of thioether (sulfide) groups is 1. The summed E-state index contributed by atoms with van der Waals surface area (Å²) in [6.07, 6.45) is 2.14. The maximum Gasteiger partial charge on any atom is 0.175 e. The lowest BCUT2D eigenvalue weighted by atomic mass is 10.1. The first-order valence-electron chi connectivity index (χ1n) is 6.36. The minimum atomic E-state index is 0.255. The Bertz CT molecular complexity index is 451. The average molecular weight is 346 g/mol. The Balaban J connectivity index is 2.00. The number of hydrogen-bond donors (Lipinski definition) is 1. The second-order valence-corrected chi connectivity index (χ2v) is 7.54. The monoisotopic (exact) mass is 345 g/mol. The van der Waals surface area contributed by atoms with Crippen LogP contribution in [0.3, 0.4) is 0 Å². The highest BCUT2D eigenvalue weighted by molar-refractivity contribution is 9.10. The van der Waals surface area contributed by atoms with Crippen molar-refractivity contribution in [2.24, 2.45) is 0 Å². The van der Waals surface area contributed by atoms with E-state index in [4.69, 9.17) is 9.47 Å². The predicted molar refractivity (Wildman–Crippen MR) is 84.4 cm³/mol. The van der Waals surface area contributed by atoms with Gasteiger partial charge in [0, 0.05) is 17.8 Å². The van der Waals surface area contributed by atoms with Gasteiger partial charge in [-0.2, -0.15) is 11.8 Å². The number of halogens is 1. The van der Waals surface area contributed by atoms with E-state index >= 15 is 0 Å². The zero-order chi connectivity index (χ0) is 13.9. The molecule has 1 aliphatic heterocycles. The molecule has 0 fully saturated rings. The van der Waals surface area contributed by atoms with Crippen LogP contribution in [-0.2, 0) is 6.54 Å². The molecule has 0 bridgehead atoms. The number of benzene rings is 1. The van der Waals surface area contributed by atoms with E-state index in [0.29, 0.717) is 13.2 Å². The Labute approximate surface area is 127 Å². The van der Waals surface area contributed by atoms with Crippen molar-refractivity contribution in [2.45, 2.75) is 25.1 Å². The van der Waals surface area contributed by atoms with E-state index in [-0.39, 0.29) is 4.75 Å². The Morgan fingerprint density at radius 2 is 2.05 bits per heavy atom. The number of hydrogen-bond acceptors (Lipinski definition) is 4. The van der Waals surface area contributed by atoms with Crippen LogP contribution in [0.25, 0.3) is 0 Å². The van der Waals surface area contributed by atoms with Gasteiger partial charge in [-0.3, -0.25) is 0 Å². The van der Waals surface area contributed by atoms with Gasteiger partial charge in [-0.15, -0.1) is 0 Å². The van der Waals surface area contributed by atoms with E-state index in [1.165, 1.54) is 5.56 Å². The van der Waals surface area contributed by atoms with Crippen LogP contribution in [0.4, 0.5) is 0 Å².